The predicted octanol–water partition coefficient (Wildman–Crippen LogP) is 2.69. The molecule has 0 aromatic carbocycles. The van der Waals surface area contributed by atoms with Crippen LogP contribution in [0, 0.1) is 6.92 Å². The lowest BCUT2D eigenvalue weighted by Crippen LogP contribution is -2.13. The molecule has 138 valence electrons. The molecule has 0 aliphatic heterocycles. The van der Waals surface area contributed by atoms with E-state index in [9.17, 15) is 9.90 Å². The van der Waals surface area contributed by atoms with Crippen molar-refractivity contribution >= 4 is 28.1 Å². The lowest BCUT2D eigenvalue weighted by atomic mass is 10.1. The van der Waals surface area contributed by atoms with Crippen LogP contribution in [0.3, 0.4) is 0 Å². The van der Waals surface area contributed by atoms with E-state index in [1.807, 2.05) is 30.0 Å². The van der Waals surface area contributed by atoms with Crippen LogP contribution in [-0.4, -0.2) is 35.3 Å². The summed E-state index contributed by atoms with van der Waals surface area (Å²) in [6, 6.07) is 1.62. The molecular weight excluding hydrogens is 364 g/mol. The van der Waals surface area contributed by atoms with Gasteiger partial charge in [0.25, 0.3) is 5.91 Å². The lowest BCUT2D eigenvalue weighted by molar-refractivity contribution is 0.0996. The Bertz CT molecular complexity index is 1190. The maximum Gasteiger partial charge on any atom is 0.267 e. The van der Waals surface area contributed by atoms with Gasteiger partial charge in [-0.05, 0) is 19.9 Å². The van der Waals surface area contributed by atoms with Gasteiger partial charge >= 0.3 is 0 Å². The third kappa shape index (κ3) is 2.67. The largest absolute Gasteiger partial charge is 0.505 e. The molecule has 3 N–H and O–H groups in total. The second-order valence-electron chi connectivity index (χ2n) is 6.25. The highest BCUT2D eigenvalue weighted by Gasteiger charge is 2.20. The third-order valence-electron chi connectivity index (χ3n) is 4.52. The fourth-order valence-corrected chi connectivity index (χ4v) is 3.98. The highest BCUT2D eigenvalue weighted by atomic mass is 32.1. The van der Waals surface area contributed by atoms with E-state index in [2.05, 4.69) is 15.1 Å². The molecule has 0 atom stereocenters. The van der Waals surface area contributed by atoms with Crippen LogP contribution in [-0.2, 0) is 13.6 Å². The zero-order valence-corrected chi connectivity index (χ0v) is 15.9. The zero-order chi connectivity index (χ0) is 19.3. The Morgan fingerprint density at radius 2 is 2.15 bits per heavy atom. The van der Waals surface area contributed by atoms with Gasteiger partial charge in [0.05, 0.1) is 11.7 Å². The van der Waals surface area contributed by atoms with Crippen molar-refractivity contribution in [2.45, 2.75) is 20.4 Å². The molecule has 0 bridgehead atoms. The Morgan fingerprint density at radius 3 is 2.85 bits per heavy atom. The van der Waals surface area contributed by atoms with Gasteiger partial charge < -0.3 is 15.4 Å². The average Bonchev–Trinajstić information content (AvgIpc) is 3.33. The molecule has 0 saturated heterocycles. The molecule has 0 radical (unpaired) electrons. The fourth-order valence-electron chi connectivity index (χ4n) is 3.11. The molecule has 1 amide bonds. The SMILES string of the molecule is CCn1cc(C)c(O)c1-c1nc(-c2nc(C(N)=O)cc3c2cnn3C)cs1. The van der Waals surface area contributed by atoms with Gasteiger partial charge in [-0.15, -0.1) is 11.3 Å². The van der Waals surface area contributed by atoms with Crippen LogP contribution in [0.25, 0.3) is 33.0 Å². The van der Waals surface area contributed by atoms with Crippen molar-refractivity contribution < 1.29 is 9.90 Å². The summed E-state index contributed by atoms with van der Waals surface area (Å²) in [5.41, 5.74) is 8.98. The summed E-state index contributed by atoms with van der Waals surface area (Å²) in [5.74, 6) is -0.383. The van der Waals surface area contributed by atoms with E-state index in [4.69, 9.17) is 5.73 Å². The van der Waals surface area contributed by atoms with Gasteiger partial charge in [0.2, 0.25) is 0 Å². The first-order valence-electron chi connectivity index (χ1n) is 8.38. The minimum atomic E-state index is -0.608. The number of amides is 1. The van der Waals surface area contributed by atoms with Crippen molar-refractivity contribution in [3.05, 3.63) is 35.1 Å². The number of hydrogen-bond acceptors (Lipinski definition) is 6. The van der Waals surface area contributed by atoms with Crippen molar-refractivity contribution in [3.63, 3.8) is 0 Å². The molecule has 0 unspecified atom stereocenters. The third-order valence-corrected chi connectivity index (χ3v) is 5.37. The molecule has 0 saturated carbocycles. The molecule has 0 aliphatic carbocycles. The smallest absolute Gasteiger partial charge is 0.267 e. The molecule has 4 aromatic rings. The van der Waals surface area contributed by atoms with Crippen LogP contribution >= 0.6 is 11.3 Å². The number of nitrogens with two attached hydrogens (primary N) is 1. The molecule has 8 nitrogen and oxygen atoms in total. The molecule has 9 heteroatoms. The Hall–Kier alpha value is -3.20. The summed E-state index contributed by atoms with van der Waals surface area (Å²) < 4.78 is 3.62. The Morgan fingerprint density at radius 1 is 1.37 bits per heavy atom. The first-order chi connectivity index (χ1) is 12.9. The second kappa shape index (κ2) is 6.20. The van der Waals surface area contributed by atoms with Gasteiger partial charge in [-0.2, -0.15) is 5.10 Å². The van der Waals surface area contributed by atoms with Crippen molar-refractivity contribution in [2.75, 3.05) is 0 Å². The number of carbonyl (C=O) groups excluding carboxylic acids is 1. The maximum absolute atomic E-state index is 11.7. The van der Waals surface area contributed by atoms with Crippen LogP contribution in [0.1, 0.15) is 23.0 Å². The lowest BCUT2D eigenvalue weighted by Gasteiger charge is -2.04. The van der Waals surface area contributed by atoms with E-state index in [1.165, 1.54) is 11.3 Å². The minimum Gasteiger partial charge on any atom is -0.505 e. The molecular formula is C18H18N6O2S. The molecule has 0 aliphatic rings. The van der Waals surface area contributed by atoms with E-state index in [-0.39, 0.29) is 11.4 Å². The normalized spacial score (nSPS) is 11.4. The number of nitrogens with zero attached hydrogens (tertiary/aromatic N) is 5. The first-order valence-corrected chi connectivity index (χ1v) is 9.26. The fraction of sp³-hybridized carbons (Fsp3) is 0.222. The zero-order valence-electron chi connectivity index (χ0n) is 15.1. The quantitative estimate of drug-likeness (QED) is 0.563. The number of carbonyl (C=O) groups is 1. The summed E-state index contributed by atoms with van der Waals surface area (Å²) in [4.78, 5) is 20.8. The average molecular weight is 382 g/mol. The van der Waals surface area contributed by atoms with Gasteiger partial charge in [0, 0.05) is 36.1 Å². The molecule has 4 heterocycles. The standard InChI is InChI=1S/C18H18N6O2S/c1-4-24-7-9(2)16(25)15(24)18-22-12(8-27-18)14-10-6-20-23(3)13(10)5-11(21-14)17(19)26/h5-8,25H,4H2,1-3H3,(H2,19,26). The number of hydrogen-bond donors (Lipinski definition) is 2. The van der Waals surface area contributed by atoms with E-state index in [0.717, 1.165) is 16.5 Å². The summed E-state index contributed by atoms with van der Waals surface area (Å²) in [6.45, 7) is 4.58. The van der Waals surface area contributed by atoms with E-state index in [0.29, 0.717) is 28.6 Å². The number of primary amides is 1. The van der Waals surface area contributed by atoms with Crippen molar-refractivity contribution in [2.24, 2.45) is 12.8 Å². The molecule has 4 rings (SSSR count). The summed E-state index contributed by atoms with van der Waals surface area (Å²) >= 11 is 1.41. The number of aromatic hydroxyl groups is 1. The summed E-state index contributed by atoms with van der Waals surface area (Å²) in [7, 11) is 1.79. The van der Waals surface area contributed by atoms with Gasteiger partial charge in [-0.25, -0.2) is 9.97 Å². The van der Waals surface area contributed by atoms with Gasteiger partial charge in [-0.3, -0.25) is 9.48 Å². The number of pyridine rings is 1. The van der Waals surface area contributed by atoms with Gasteiger partial charge in [0.1, 0.15) is 33.5 Å². The van der Waals surface area contributed by atoms with E-state index < -0.39 is 5.91 Å². The number of aromatic nitrogens is 5. The van der Waals surface area contributed by atoms with Crippen LogP contribution in [0.4, 0.5) is 0 Å². The molecule has 0 fully saturated rings. The molecule has 27 heavy (non-hydrogen) atoms. The van der Waals surface area contributed by atoms with Crippen molar-refractivity contribution in [1.29, 1.82) is 0 Å². The minimum absolute atomic E-state index is 0.159. The Labute approximate surface area is 158 Å². The van der Waals surface area contributed by atoms with Crippen LogP contribution in [0.2, 0.25) is 0 Å². The highest BCUT2D eigenvalue weighted by Crippen LogP contribution is 2.38. The summed E-state index contributed by atoms with van der Waals surface area (Å²) in [5, 5.41) is 18.0. The molecule has 4 aromatic heterocycles. The maximum atomic E-state index is 11.7. The van der Waals surface area contributed by atoms with Gasteiger partial charge in [-0.1, -0.05) is 0 Å². The van der Waals surface area contributed by atoms with Crippen molar-refractivity contribution in [3.8, 4) is 27.8 Å². The predicted molar refractivity (Wildman–Crippen MR) is 104 cm³/mol. The Balaban J connectivity index is 1.91. The highest BCUT2D eigenvalue weighted by molar-refractivity contribution is 7.13. The number of aryl methyl sites for hydroxylation is 3. The van der Waals surface area contributed by atoms with Crippen molar-refractivity contribution in [1.82, 2.24) is 24.3 Å². The summed E-state index contributed by atoms with van der Waals surface area (Å²) in [6.07, 6.45) is 3.59. The second-order valence-corrected chi connectivity index (χ2v) is 7.11. The topological polar surface area (TPSA) is 112 Å². The van der Waals surface area contributed by atoms with Crippen LogP contribution < -0.4 is 5.73 Å². The number of thiazole rings is 1. The van der Waals surface area contributed by atoms with Crippen LogP contribution in [0.15, 0.2) is 23.8 Å². The monoisotopic (exact) mass is 382 g/mol. The Kier molecular flexibility index (Phi) is 3.96. The van der Waals surface area contributed by atoms with Gasteiger partial charge in [0.15, 0.2) is 0 Å². The first kappa shape index (κ1) is 17.2. The van der Waals surface area contributed by atoms with Crippen LogP contribution in [0.5, 0.6) is 5.75 Å². The molecule has 0 spiro atoms. The number of fused-ring (bicyclic) bond motifs is 1. The van der Waals surface area contributed by atoms with E-state index in [1.54, 1.807) is 24.0 Å². The van der Waals surface area contributed by atoms with E-state index >= 15 is 0 Å². The number of rotatable bonds is 4.